The van der Waals surface area contributed by atoms with Gasteiger partial charge in [-0.05, 0) is 38.5 Å². The molecule has 0 amide bonds. The van der Waals surface area contributed by atoms with Crippen molar-refractivity contribution in [2.24, 2.45) is 5.92 Å². The van der Waals surface area contributed by atoms with Crippen molar-refractivity contribution in [3.63, 3.8) is 0 Å². The molecular formula is C9H14O2. The molecule has 1 heterocycles. The van der Waals surface area contributed by atoms with Crippen LogP contribution in [-0.2, 0) is 9.53 Å². The van der Waals surface area contributed by atoms with Crippen LogP contribution in [0.5, 0.6) is 0 Å². The Bertz CT molecular complexity index is 188. The van der Waals surface area contributed by atoms with Crippen LogP contribution in [0.25, 0.3) is 0 Å². The van der Waals surface area contributed by atoms with Crippen LogP contribution in [0.15, 0.2) is 0 Å². The first-order valence-corrected chi connectivity index (χ1v) is 4.40. The van der Waals surface area contributed by atoms with Gasteiger partial charge in [-0.3, -0.25) is 4.79 Å². The Labute approximate surface area is 66.9 Å². The summed E-state index contributed by atoms with van der Waals surface area (Å²) in [6.07, 6.45) is 5.28. The average Bonchev–Trinajstić information content (AvgIpc) is 1.82. The lowest BCUT2D eigenvalue weighted by atomic mass is 9.76. The van der Waals surface area contributed by atoms with Gasteiger partial charge in [0.2, 0.25) is 0 Å². The van der Waals surface area contributed by atoms with E-state index in [0.29, 0.717) is 12.3 Å². The van der Waals surface area contributed by atoms with E-state index >= 15 is 0 Å². The van der Waals surface area contributed by atoms with E-state index in [9.17, 15) is 4.79 Å². The molecule has 2 bridgehead atoms. The highest BCUT2D eigenvalue weighted by molar-refractivity contribution is 5.71. The lowest BCUT2D eigenvalue weighted by molar-refractivity contribution is -0.174. The van der Waals surface area contributed by atoms with Crippen LogP contribution in [0.3, 0.4) is 0 Å². The van der Waals surface area contributed by atoms with E-state index in [2.05, 4.69) is 6.92 Å². The summed E-state index contributed by atoms with van der Waals surface area (Å²) >= 11 is 0. The van der Waals surface area contributed by atoms with Crippen molar-refractivity contribution in [2.75, 3.05) is 0 Å². The highest BCUT2D eigenvalue weighted by atomic mass is 16.6. The Morgan fingerprint density at radius 1 is 1.64 bits per heavy atom. The van der Waals surface area contributed by atoms with Crippen LogP contribution in [0, 0.1) is 5.92 Å². The SMILES string of the molecule is C[C@@]12CCC[C@@H](CC(=O)O1)C2. The van der Waals surface area contributed by atoms with Crippen molar-refractivity contribution in [1.82, 2.24) is 0 Å². The van der Waals surface area contributed by atoms with Gasteiger partial charge in [0.05, 0.1) is 0 Å². The molecule has 2 fully saturated rings. The van der Waals surface area contributed by atoms with Crippen molar-refractivity contribution in [3.05, 3.63) is 0 Å². The largest absolute Gasteiger partial charge is 0.459 e. The number of carbonyl (C=O) groups is 1. The van der Waals surface area contributed by atoms with E-state index in [4.69, 9.17) is 4.74 Å². The van der Waals surface area contributed by atoms with Crippen molar-refractivity contribution < 1.29 is 9.53 Å². The quantitative estimate of drug-likeness (QED) is 0.498. The van der Waals surface area contributed by atoms with Crippen molar-refractivity contribution in [1.29, 1.82) is 0 Å². The number of ether oxygens (including phenoxy) is 1. The molecule has 2 heteroatoms. The van der Waals surface area contributed by atoms with Crippen LogP contribution in [-0.4, -0.2) is 11.6 Å². The normalized spacial score (nSPS) is 43.4. The van der Waals surface area contributed by atoms with Gasteiger partial charge >= 0.3 is 5.97 Å². The van der Waals surface area contributed by atoms with Crippen molar-refractivity contribution in [3.8, 4) is 0 Å². The highest BCUT2D eigenvalue weighted by Gasteiger charge is 2.40. The summed E-state index contributed by atoms with van der Waals surface area (Å²) < 4.78 is 5.31. The molecule has 1 saturated heterocycles. The fraction of sp³-hybridized carbons (Fsp3) is 0.889. The van der Waals surface area contributed by atoms with E-state index < -0.39 is 0 Å². The van der Waals surface area contributed by atoms with Crippen LogP contribution in [0.2, 0.25) is 0 Å². The zero-order valence-electron chi connectivity index (χ0n) is 6.93. The number of fused-ring (bicyclic) bond motifs is 2. The first-order chi connectivity index (χ1) is 5.18. The summed E-state index contributed by atoms with van der Waals surface area (Å²) in [4.78, 5) is 11.1. The summed E-state index contributed by atoms with van der Waals surface area (Å²) in [5.74, 6) is 0.637. The van der Waals surface area contributed by atoms with E-state index in [1.807, 2.05) is 0 Å². The Morgan fingerprint density at radius 3 is 3.18 bits per heavy atom. The van der Waals surface area contributed by atoms with Gasteiger partial charge in [0.15, 0.2) is 0 Å². The Balaban J connectivity index is 2.15. The molecule has 1 aliphatic carbocycles. The third-order valence-corrected chi connectivity index (χ3v) is 2.85. The van der Waals surface area contributed by atoms with Gasteiger partial charge in [-0.2, -0.15) is 0 Å². The second-order valence-corrected chi connectivity index (χ2v) is 4.09. The summed E-state index contributed by atoms with van der Waals surface area (Å²) in [5, 5.41) is 0. The molecule has 0 unspecified atom stereocenters. The first-order valence-electron chi connectivity index (χ1n) is 4.40. The Morgan fingerprint density at radius 2 is 2.45 bits per heavy atom. The molecule has 2 atom stereocenters. The predicted octanol–water partition coefficient (Wildman–Crippen LogP) is 1.88. The number of hydrogen-bond acceptors (Lipinski definition) is 2. The second kappa shape index (κ2) is 2.23. The molecule has 2 nitrogen and oxygen atoms in total. The molecule has 2 aliphatic rings. The number of hydrogen-bond donors (Lipinski definition) is 0. The molecule has 62 valence electrons. The van der Waals surface area contributed by atoms with Gasteiger partial charge in [-0.1, -0.05) is 0 Å². The average molecular weight is 154 g/mol. The summed E-state index contributed by atoms with van der Waals surface area (Å²) in [6, 6.07) is 0. The maximum absolute atomic E-state index is 11.1. The molecule has 0 aromatic carbocycles. The summed E-state index contributed by atoms with van der Waals surface area (Å²) in [5.41, 5.74) is -0.0990. The van der Waals surface area contributed by atoms with Crippen molar-refractivity contribution >= 4 is 5.97 Å². The Hall–Kier alpha value is -0.530. The molecule has 0 aromatic heterocycles. The smallest absolute Gasteiger partial charge is 0.306 e. The maximum atomic E-state index is 11.1. The number of esters is 1. The summed E-state index contributed by atoms with van der Waals surface area (Å²) in [6.45, 7) is 2.07. The van der Waals surface area contributed by atoms with Gasteiger partial charge < -0.3 is 4.74 Å². The van der Waals surface area contributed by atoms with Gasteiger partial charge in [-0.15, -0.1) is 0 Å². The van der Waals surface area contributed by atoms with E-state index in [1.165, 1.54) is 12.8 Å². The third-order valence-electron chi connectivity index (χ3n) is 2.85. The molecule has 0 radical (unpaired) electrons. The van der Waals surface area contributed by atoms with Gasteiger partial charge in [0, 0.05) is 6.42 Å². The van der Waals surface area contributed by atoms with Crippen LogP contribution in [0.1, 0.15) is 39.0 Å². The summed E-state index contributed by atoms with van der Waals surface area (Å²) in [7, 11) is 0. The fourth-order valence-corrected chi connectivity index (χ4v) is 2.40. The lowest BCUT2D eigenvalue weighted by Gasteiger charge is -2.41. The zero-order valence-corrected chi connectivity index (χ0v) is 6.93. The maximum Gasteiger partial charge on any atom is 0.306 e. The molecule has 2 rings (SSSR count). The van der Waals surface area contributed by atoms with Crippen LogP contribution < -0.4 is 0 Å². The van der Waals surface area contributed by atoms with Gasteiger partial charge in [0.25, 0.3) is 0 Å². The zero-order chi connectivity index (χ0) is 7.90. The molecule has 0 aromatic rings. The molecule has 0 spiro atoms. The van der Waals surface area contributed by atoms with E-state index in [-0.39, 0.29) is 11.6 Å². The predicted molar refractivity (Wildman–Crippen MR) is 41.1 cm³/mol. The minimum Gasteiger partial charge on any atom is -0.459 e. The second-order valence-electron chi connectivity index (χ2n) is 4.09. The highest BCUT2D eigenvalue weighted by Crippen LogP contribution is 2.40. The van der Waals surface area contributed by atoms with Gasteiger partial charge in [-0.25, -0.2) is 0 Å². The topological polar surface area (TPSA) is 26.3 Å². The minimum atomic E-state index is -0.0990. The standard InChI is InChI=1S/C9H14O2/c1-9-4-2-3-7(6-9)5-8(10)11-9/h7H,2-6H2,1H3/t7-,9-/m0/s1. The van der Waals surface area contributed by atoms with E-state index in [0.717, 1.165) is 12.8 Å². The fourth-order valence-electron chi connectivity index (χ4n) is 2.40. The third kappa shape index (κ3) is 1.26. The molecular weight excluding hydrogens is 140 g/mol. The van der Waals surface area contributed by atoms with Crippen molar-refractivity contribution in [2.45, 2.75) is 44.6 Å². The monoisotopic (exact) mass is 154 g/mol. The van der Waals surface area contributed by atoms with E-state index in [1.54, 1.807) is 0 Å². The molecule has 1 aliphatic heterocycles. The van der Waals surface area contributed by atoms with Crippen LogP contribution in [0.4, 0.5) is 0 Å². The van der Waals surface area contributed by atoms with Gasteiger partial charge in [0.1, 0.15) is 5.60 Å². The minimum absolute atomic E-state index is 0.0171. The molecule has 1 saturated carbocycles. The first kappa shape index (κ1) is 7.14. The Kier molecular flexibility index (Phi) is 1.44. The number of rotatable bonds is 0. The lowest BCUT2D eigenvalue weighted by Crippen LogP contribution is -2.42. The number of carbonyl (C=O) groups excluding carboxylic acids is 1. The van der Waals surface area contributed by atoms with Crippen LogP contribution >= 0.6 is 0 Å². The molecule has 0 N–H and O–H groups in total. The molecule has 11 heavy (non-hydrogen) atoms.